The molecule has 0 bridgehead atoms. The molecule has 1 unspecified atom stereocenters. The Morgan fingerprint density at radius 2 is 1.88 bits per heavy atom. The zero-order valence-electron chi connectivity index (χ0n) is 18.4. The van der Waals surface area contributed by atoms with Gasteiger partial charge in [-0.1, -0.05) is 42.8 Å². The number of carbonyl (C=O) groups is 1. The number of nitrogens with one attached hydrogen (secondary N) is 1. The number of hydrogen-bond acceptors (Lipinski definition) is 6. The molecule has 0 saturated heterocycles. The maximum Gasteiger partial charge on any atom is 0.260 e. The van der Waals surface area contributed by atoms with Gasteiger partial charge in [0.1, 0.15) is 12.4 Å². The predicted octanol–water partition coefficient (Wildman–Crippen LogP) is 3.97. The molecular weight excluding hydrogens is 442 g/mol. The quantitative estimate of drug-likeness (QED) is 0.376. The van der Waals surface area contributed by atoms with E-state index < -0.39 is 6.10 Å². The van der Waals surface area contributed by atoms with Gasteiger partial charge in [0.15, 0.2) is 17.6 Å². The van der Waals surface area contributed by atoms with E-state index in [2.05, 4.69) is 27.5 Å². The molecule has 0 saturated carbocycles. The number of halogens is 1. The molecule has 2 aromatic carbocycles. The van der Waals surface area contributed by atoms with Crippen LogP contribution in [0.1, 0.15) is 19.4 Å². The zero-order chi connectivity index (χ0) is 23.2. The van der Waals surface area contributed by atoms with Gasteiger partial charge in [-0.25, -0.2) is 0 Å². The first-order valence-corrected chi connectivity index (χ1v) is 11.1. The molecule has 2 heterocycles. The van der Waals surface area contributed by atoms with Crippen molar-refractivity contribution < 1.29 is 14.3 Å². The molecule has 0 spiro atoms. The van der Waals surface area contributed by atoms with E-state index in [1.54, 1.807) is 29.6 Å². The van der Waals surface area contributed by atoms with Gasteiger partial charge in [0.25, 0.3) is 5.91 Å². The number of aromatic nitrogens is 4. The SMILES string of the molecule is CCc1ccc(OC(C)C(=O)NCCOc2ccc3nnc(-c4ccccc4Cl)n3n2)cc1. The molecule has 33 heavy (non-hydrogen) atoms. The Hall–Kier alpha value is -3.65. The number of fused-ring (bicyclic) bond motifs is 1. The van der Waals surface area contributed by atoms with Gasteiger partial charge >= 0.3 is 0 Å². The van der Waals surface area contributed by atoms with Gasteiger partial charge < -0.3 is 14.8 Å². The summed E-state index contributed by atoms with van der Waals surface area (Å²) in [6, 6.07) is 18.5. The van der Waals surface area contributed by atoms with E-state index in [1.165, 1.54) is 5.56 Å². The van der Waals surface area contributed by atoms with Gasteiger partial charge in [-0.15, -0.1) is 15.3 Å². The highest BCUT2D eigenvalue weighted by molar-refractivity contribution is 6.33. The van der Waals surface area contributed by atoms with Crippen molar-refractivity contribution in [2.45, 2.75) is 26.4 Å². The highest BCUT2D eigenvalue weighted by Crippen LogP contribution is 2.26. The summed E-state index contributed by atoms with van der Waals surface area (Å²) in [6.07, 6.45) is 0.332. The van der Waals surface area contributed by atoms with Gasteiger partial charge in [-0.05, 0) is 49.2 Å². The number of aryl methyl sites for hydroxylation is 1. The van der Waals surface area contributed by atoms with Crippen molar-refractivity contribution in [1.29, 1.82) is 0 Å². The lowest BCUT2D eigenvalue weighted by atomic mass is 10.2. The molecule has 2 aromatic heterocycles. The van der Waals surface area contributed by atoms with Crippen molar-refractivity contribution in [2.24, 2.45) is 0 Å². The molecule has 1 amide bonds. The van der Waals surface area contributed by atoms with Crippen LogP contribution in [-0.4, -0.2) is 45.0 Å². The van der Waals surface area contributed by atoms with Crippen LogP contribution in [0.15, 0.2) is 60.7 Å². The predicted molar refractivity (Wildman–Crippen MR) is 126 cm³/mol. The number of ether oxygens (including phenoxy) is 2. The van der Waals surface area contributed by atoms with Crippen LogP contribution in [0.3, 0.4) is 0 Å². The maximum absolute atomic E-state index is 12.3. The van der Waals surface area contributed by atoms with E-state index in [9.17, 15) is 4.79 Å². The summed E-state index contributed by atoms with van der Waals surface area (Å²) in [4.78, 5) is 12.3. The summed E-state index contributed by atoms with van der Waals surface area (Å²) in [7, 11) is 0. The van der Waals surface area contributed by atoms with Crippen LogP contribution in [0.25, 0.3) is 17.0 Å². The Morgan fingerprint density at radius 1 is 1.09 bits per heavy atom. The van der Waals surface area contributed by atoms with Crippen molar-refractivity contribution in [3.8, 4) is 23.0 Å². The summed E-state index contributed by atoms with van der Waals surface area (Å²) >= 11 is 6.29. The monoisotopic (exact) mass is 465 g/mol. The molecule has 8 nitrogen and oxygen atoms in total. The Bertz CT molecular complexity index is 1240. The number of benzene rings is 2. The summed E-state index contributed by atoms with van der Waals surface area (Å²) < 4.78 is 13.0. The minimum Gasteiger partial charge on any atom is -0.481 e. The van der Waals surface area contributed by atoms with Crippen LogP contribution in [0, 0.1) is 0 Å². The molecule has 0 fully saturated rings. The first kappa shape index (κ1) is 22.5. The van der Waals surface area contributed by atoms with Crippen LogP contribution >= 0.6 is 11.6 Å². The van der Waals surface area contributed by atoms with Crippen molar-refractivity contribution in [3.05, 3.63) is 71.2 Å². The second-order valence-electron chi connectivity index (χ2n) is 7.34. The van der Waals surface area contributed by atoms with Crippen molar-refractivity contribution in [1.82, 2.24) is 25.1 Å². The van der Waals surface area contributed by atoms with Crippen LogP contribution in [0.4, 0.5) is 0 Å². The van der Waals surface area contributed by atoms with Gasteiger partial charge in [0, 0.05) is 11.6 Å². The summed E-state index contributed by atoms with van der Waals surface area (Å²) in [5, 5.41) is 16.1. The van der Waals surface area contributed by atoms with E-state index in [0.717, 1.165) is 12.0 Å². The molecule has 0 aliphatic rings. The number of rotatable bonds is 9. The fourth-order valence-corrected chi connectivity index (χ4v) is 3.41. The molecule has 4 rings (SSSR count). The minimum absolute atomic E-state index is 0.221. The van der Waals surface area contributed by atoms with Gasteiger partial charge in [0.05, 0.1) is 11.6 Å². The standard InChI is InChI=1S/C24H24ClN5O3/c1-3-17-8-10-18(11-9-17)33-16(2)24(31)26-14-15-32-22-13-12-21-27-28-23(30(21)29-22)19-6-4-5-7-20(19)25/h4-13,16H,3,14-15H2,1-2H3,(H,26,31). The normalized spacial score (nSPS) is 11.8. The number of nitrogens with zero attached hydrogens (tertiary/aromatic N) is 4. The van der Waals surface area contributed by atoms with Gasteiger partial charge in [0.2, 0.25) is 5.88 Å². The highest BCUT2D eigenvalue weighted by Gasteiger charge is 2.15. The largest absolute Gasteiger partial charge is 0.481 e. The topological polar surface area (TPSA) is 90.6 Å². The third-order valence-corrected chi connectivity index (χ3v) is 5.35. The summed E-state index contributed by atoms with van der Waals surface area (Å²) in [6.45, 7) is 4.35. The Morgan fingerprint density at radius 3 is 2.64 bits per heavy atom. The first-order chi connectivity index (χ1) is 16.0. The fourth-order valence-electron chi connectivity index (χ4n) is 3.19. The second-order valence-corrected chi connectivity index (χ2v) is 7.75. The van der Waals surface area contributed by atoms with Crippen LogP contribution < -0.4 is 14.8 Å². The number of amides is 1. The molecule has 0 radical (unpaired) electrons. The molecular formula is C24H24ClN5O3. The Labute approximate surface area is 196 Å². The van der Waals surface area contributed by atoms with E-state index in [-0.39, 0.29) is 12.5 Å². The maximum atomic E-state index is 12.3. The minimum atomic E-state index is -0.623. The average Bonchev–Trinajstić information content (AvgIpc) is 3.25. The summed E-state index contributed by atoms with van der Waals surface area (Å²) in [5.41, 5.74) is 2.51. The van der Waals surface area contributed by atoms with E-state index in [1.807, 2.05) is 42.5 Å². The smallest absolute Gasteiger partial charge is 0.260 e. The summed E-state index contributed by atoms with van der Waals surface area (Å²) in [5.74, 6) is 1.34. The van der Waals surface area contributed by atoms with Gasteiger partial charge in [-0.3, -0.25) is 4.79 Å². The molecule has 9 heteroatoms. The van der Waals surface area contributed by atoms with E-state index in [0.29, 0.717) is 34.7 Å². The molecule has 170 valence electrons. The van der Waals surface area contributed by atoms with Crippen LogP contribution in [0.5, 0.6) is 11.6 Å². The second kappa shape index (κ2) is 10.3. The molecule has 0 aliphatic heterocycles. The van der Waals surface area contributed by atoms with Crippen LogP contribution in [-0.2, 0) is 11.2 Å². The lowest BCUT2D eigenvalue weighted by Gasteiger charge is -2.15. The molecule has 1 atom stereocenters. The third kappa shape index (κ3) is 5.40. The van der Waals surface area contributed by atoms with E-state index >= 15 is 0 Å². The van der Waals surface area contributed by atoms with E-state index in [4.69, 9.17) is 21.1 Å². The third-order valence-electron chi connectivity index (χ3n) is 5.02. The first-order valence-electron chi connectivity index (χ1n) is 10.7. The Kier molecular flexibility index (Phi) is 7.04. The molecule has 1 N–H and O–H groups in total. The highest BCUT2D eigenvalue weighted by atomic mass is 35.5. The van der Waals surface area contributed by atoms with Crippen LogP contribution in [0.2, 0.25) is 5.02 Å². The Balaban J connectivity index is 1.31. The number of hydrogen-bond donors (Lipinski definition) is 1. The lowest BCUT2D eigenvalue weighted by molar-refractivity contribution is -0.127. The van der Waals surface area contributed by atoms with Crippen molar-refractivity contribution in [3.63, 3.8) is 0 Å². The molecule has 4 aromatic rings. The zero-order valence-corrected chi connectivity index (χ0v) is 19.1. The van der Waals surface area contributed by atoms with Gasteiger partial charge in [-0.2, -0.15) is 4.52 Å². The van der Waals surface area contributed by atoms with Crippen molar-refractivity contribution in [2.75, 3.05) is 13.2 Å². The fraction of sp³-hybridized carbons (Fsp3) is 0.250. The lowest BCUT2D eigenvalue weighted by Crippen LogP contribution is -2.38. The van der Waals surface area contributed by atoms with Crippen molar-refractivity contribution >= 4 is 23.2 Å². The average molecular weight is 466 g/mol. The number of carbonyl (C=O) groups excluding carboxylic acids is 1. The molecule has 0 aliphatic carbocycles.